The van der Waals surface area contributed by atoms with Crippen molar-refractivity contribution in [1.82, 2.24) is 19.9 Å². The summed E-state index contributed by atoms with van der Waals surface area (Å²) in [4.78, 5) is 14.0. The Labute approximate surface area is 101 Å². The first-order valence-corrected chi connectivity index (χ1v) is 6.10. The molecule has 0 spiro atoms. The van der Waals surface area contributed by atoms with Crippen LogP contribution in [0.15, 0.2) is 6.20 Å². The molecule has 6 nitrogen and oxygen atoms in total. The number of nitrogens with zero attached hydrogens (tertiary/aromatic N) is 4. The van der Waals surface area contributed by atoms with E-state index < -0.39 is 0 Å². The number of carbonyl (C=O) groups excluding carboxylic acids is 1. The fourth-order valence-corrected chi connectivity index (χ4v) is 2.01. The third-order valence-corrected chi connectivity index (χ3v) is 3.19. The smallest absolute Gasteiger partial charge is 0.276 e. The quantitative estimate of drug-likeness (QED) is 0.809. The van der Waals surface area contributed by atoms with Gasteiger partial charge < -0.3 is 10.6 Å². The Kier molecular flexibility index (Phi) is 3.73. The first kappa shape index (κ1) is 12.0. The molecule has 6 heteroatoms. The summed E-state index contributed by atoms with van der Waals surface area (Å²) in [6, 6.07) is 0. The molecule has 0 bridgehead atoms. The van der Waals surface area contributed by atoms with E-state index in [-0.39, 0.29) is 5.91 Å². The average molecular weight is 237 g/mol. The highest BCUT2D eigenvalue weighted by molar-refractivity contribution is 5.91. The molecule has 1 aliphatic rings. The number of carbonyl (C=O) groups is 1. The monoisotopic (exact) mass is 237 g/mol. The molecule has 1 fully saturated rings. The van der Waals surface area contributed by atoms with Gasteiger partial charge in [-0.05, 0) is 18.8 Å². The lowest BCUT2D eigenvalue weighted by molar-refractivity contribution is 0.0691. The normalized spacial score (nSPS) is 17.4. The lowest BCUT2D eigenvalue weighted by Crippen LogP contribution is -2.38. The zero-order chi connectivity index (χ0) is 12.3. The molecule has 0 aliphatic carbocycles. The van der Waals surface area contributed by atoms with E-state index in [1.807, 2.05) is 4.90 Å². The third-order valence-electron chi connectivity index (χ3n) is 3.19. The molecule has 1 saturated heterocycles. The fraction of sp³-hybridized carbons (Fsp3) is 0.727. The molecule has 0 unspecified atom stereocenters. The molecule has 1 aliphatic heterocycles. The Morgan fingerprint density at radius 2 is 2.24 bits per heavy atom. The molecule has 94 valence electrons. The van der Waals surface area contributed by atoms with Crippen LogP contribution in [-0.4, -0.2) is 45.4 Å². The molecular formula is C11H19N5O. The summed E-state index contributed by atoms with van der Waals surface area (Å²) in [5.41, 5.74) is 5.84. The topological polar surface area (TPSA) is 77.0 Å². The molecular weight excluding hydrogens is 218 g/mol. The van der Waals surface area contributed by atoms with E-state index in [0.29, 0.717) is 24.7 Å². The van der Waals surface area contributed by atoms with Gasteiger partial charge in [0.2, 0.25) is 0 Å². The van der Waals surface area contributed by atoms with Crippen molar-refractivity contribution in [2.45, 2.75) is 26.3 Å². The van der Waals surface area contributed by atoms with Gasteiger partial charge in [-0.2, -0.15) is 0 Å². The van der Waals surface area contributed by atoms with Gasteiger partial charge in [-0.3, -0.25) is 9.48 Å². The zero-order valence-electron chi connectivity index (χ0n) is 10.2. The highest BCUT2D eigenvalue weighted by atomic mass is 16.2. The molecule has 2 N–H and O–H groups in total. The number of aromatic nitrogens is 3. The van der Waals surface area contributed by atoms with E-state index in [4.69, 9.17) is 5.73 Å². The van der Waals surface area contributed by atoms with E-state index in [1.54, 1.807) is 10.9 Å². The Morgan fingerprint density at radius 3 is 2.88 bits per heavy atom. The van der Waals surface area contributed by atoms with Gasteiger partial charge in [0.25, 0.3) is 5.91 Å². The van der Waals surface area contributed by atoms with Crippen LogP contribution in [-0.2, 0) is 6.54 Å². The Hall–Kier alpha value is -1.43. The molecule has 0 radical (unpaired) electrons. The van der Waals surface area contributed by atoms with Crippen LogP contribution in [0.4, 0.5) is 0 Å². The second-order valence-electron chi connectivity index (χ2n) is 4.63. The van der Waals surface area contributed by atoms with Gasteiger partial charge in [-0.1, -0.05) is 12.1 Å². The van der Waals surface area contributed by atoms with Crippen LogP contribution in [0.5, 0.6) is 0 Å². The molecule has 2 heterocycles. The van der Waals surface area contributed by atoms with E-state index in [2.05, 4.69) is 17.2 Å². The molecule has 1 aromatic rings. The standard InChI is InChI=1S/C11H19N5O/c1-9-2-5-15(6-3-9)11(17)10-8-16(7-4-12)14-13-10/h8-9H,2-7,12H2,1H3. The minimum absolute atomic E-state index is 0.0137. The van der Waals surface area contributed by atoms with Gasteiger partial charge in [0.15, 0.2) is 5.69 Å². The summed E-state index contributed by atoms with van der Waals surface area (Å²) < 4.78 is 1.61. The highest BCUT2D eigenvalue weighted by Gasteiger charge is 2.23. The maximum atomic E-state index is 12.1. The van der Waals surface area contributed by atoms with Crippen LogP contribution in [0.25, 0.3) is 0 Å². The minimum Gasteiger partial charge on any atom is -0.337 e. The largest absolute Gasteiger partial charge is 0.337 e. The summed E-state index contributed by atoms with van der Waals surface area (Å²) in [7, 11) is 0. The first-order chi connectivity index (χ1) is 8.20. The molecule has 1 amide bonds. The van der Waals surface area contributed by atoms with Gasteiger partial charge in [0.05, 0.1) is 12.7 Å². The van der Waals surface area contributed by atoms with Crippen molar-refractivity contribution in [1.29, 1.82) is 0 Å². The van der Waals surface area contributed by atoms with Gasteiger partial charge in [-0.15, -0.1) is 5.10 Å². The van der Waals surface area contributed by atoms with E-state index in [9.17, 15) is 4.79 Å². The number of hydrogen-bond acceptors (Lipinski definition) is 4. The Balaban J connectivity index is 1.98. The van der Waals surface area contributed by atoms with Crippen LogP contribution in [0, 0.1) is 5.92 Å². The summed E-state index contributed by atoms with van der Waals surface area (Å²) in [6.45, 7) is 4.96. The van der Waals surface area contributed by atoms with Crippen LogP contribution < -0.4 is 5.73 Å². The molecule has 0 saturated carbocycles. The predicted octanol–water partition coefficient (Wildman–Crippen LogP) is 0.109. The molecule has 0 aromatic carbocycles. The van der Waals surface area contributed by atoms with Gasteiger partial charge in [0.1, 0.15) is 0 Å². The van der Waals surface area contributed by atoms with E-state index in [0.717, 1.165) is 25.9 Å². The summed E-state index contributed by atoms with van der Waals surface area (Å²) in [5.74, 6) is 0.701. The maximum absolute atomic E-state index is 12.1. The van der Waals surface area contributed by atoms with Crippen molar-refractivity contribution in [3.63, 3.8) is 0 Å². The van der Waals surface area contributed by atoms with Crippen molar-refractivity contribution in [2.24, 2.45) is 11.7 Å². The van der Waals surface area contributed by atoms with Gasteiger partial charge >= 0.3 is 0 Å². The van der Waals surface area contributed by atoms with E-state index >= 15 is 0 Å². The molecule has 17 heavy (non-hydrogen) atoms. The van der Waals surface area contributed by atoms with E-state index in [1.165, 1.54) is 0 Å². The van der Waals surface area contributed by atoms with Gasteiger partial charge in [-0.25, -0.2) is 0 Å². The minimum atomic E-state index is -0.0137. The van der Waals surface area contributed by atoms with Crippen molar-refractivity contribution in [2.75, 3.05) is 19.6 Å². The van der Waals surface area contributed by atoms with Crippen molar-refractivity contribution in [3.8, 4) is 0 Å². The van der Waals surface area contributed by atoms with Crippen LogP contribution in [0.2, 0.25) is 0 Å². The molecule has 2 rings (SSSR count). The van der Waals surface area contributed by atoms with Crippen molar-refractivity contribution >= 4 is 5.91 Å². The molecule has 1 aromatic heterocycles. The summed E-state index contributed by atoms with van der Waals surface area (Å²) >= 11 is 0. The second kappa shape index (κ2) is 5.27. The zero-order valence-corrected chi connectivity index (χ0v) is 10.2. The molecule has 0 atom stereocenters. The first-order valence-electron chi connectivity index (χ1n) is 6.10. The fourth-order valence-electron chi connectivity index (χ4n) is 2.01. The van der Waals surface area contributed by atoms with Crippen molar-refractivity contribution < 1.29 is 4.79 Å². The Morgan fingerprint density at radius 1 is 1.53 bits per heavy atom. The maximum Gasteiger partial charge on any atom is 0.276 e. The lowest BCUT2D eigenvalue weighted by Gasteiger charge is -2.29. The number of rotatable bonds is 3. The average Bonchev–Trinajstić information content (AvgIpc) is 2.78. The predicted molar refractivity (Wildman–Crippen MR) is 63.4 cm³/mol. The van der Waals surface area contributed by atoms with Crippen LogP contribution in [0.3, 0.4) is 0 Å². The number of nitrogens with two attached hydrogens (primary N) is 1. The van der Waals surface area contributed by atoms with Gasteiger partial charge in [0, 0.05) is 19.6 Å². The number of piperidine rings is 1. The lowest BCUT2D eigenvalue weighted by atomic mass is 9.99. The SMILES string of the molecule is CC1CCN(C(=O)c2cn(CCN)nn2)CC1. The third kappa shape index (κ3) is 2.82. The van der Waals surface area contributed by atoms with Crippen LogP contribution in [0.1, 0.15) is 30.3 Å². The van der Waals surface area contributed by atoms with Crippen LogP contribution >= 0.6 is 0 Å². The summed E-state index contributed by atoms with van der Waals surface area (Å²) in [5, 5.41) is 7.77. The summed E-state index contributed by atoms with van der Waals surface area (Å²) in [6.07, 6.45) is 3.82. The Bertz CT molecular complexity index is 381. The highest BCUT2D eigenvalue weighted by Crippen LogP contribution is 2.17. The number of likely N-dealkylation sites (tertiary alicyclic amines) is 1. The number of amides is 1. The number of hydrogen-bond donors (Lipinski definition) is 1. The van der Waals surface area contributed by atoms with Crippen molar-refractivity contribution in [3.05, 3.63) is 11.9 Å². The second-order valence-corrected chi connectivity index (χ2v) is 4.63.